The maximum Gasteiger partial charge on any atom is 0.311 e. The number of ether oxygens (including phenoxy) is 2. The van der Waals surface area contributed by atoms with E-state index >= 15 is 0 Å². The molecule has 0 N–H and O–H groups in total. The average molecular weight is 563 g/mol. The quantitative estimate of drug-likeness (QED) is 0.281. The first kappa shape index (κ1) is 29.2. The van der Waals surface area contributed by atoms with Gasteiger partial charge in [-0.3, -0.25) is 14.4 Å². The van der Waals surface area contributed by atoms with E-state index in [1.165, 1.54) is 7.11 Å². The lowest BCUT2D eigenvalue weighted by Crippen LogP contribution is -2.47. The van der Waals surface area contributed by atoms with Crippen molar-refractivity contribution < 1.29 is 23.9 Å². The van der Waals surface area contributed by atoms with E-state index in [1.807, 2.05) is 57.2 Å². The van der Waals surface area contributed by atoms with Crippen molar-refractivity contribution in [2.45, 2.75) is 52.6 Å². The predicted molar refractivity (Wildman–Crippen MR) is 157 cm³/mol. The highest BCUT2D eigenvalue weighted by Crippen LogP contribution is 2.43. The van der Waals surface area contributed by atoms with Crippen LogP contribution in [0, 0.1) is 5.41 Å². The first-order valence-corrected chi connectivity index (χ1v) is 13.7. The number of fused-ring (bicyclic) bond motifs is 1. The Hall–Kier alpha value is -3.84. The van der Waals surface area contributed by atoms with Gasteiger partial charge in [-0.2, -0.15) is 0 Å². The topological polar surface area (TPSA) is 76.2 Å². The van der Waals surface area contributed by atoms with Crippen molar-refractivity contribution >= 4 is 40.8 Å². The Bertz CT molecular complexity index is 1370. The Kier molecular flexibility index (Phi) is 8.84. The zero-order chi connectivity index (χ0) is 29.0. The zero-order valence-corrected chi connectivity index (χ0v) is 24.3. The molecular weight excluding hydrogens is 528 g/mol. The van der Waals surface area contributed by atoms with Crippen LogP contribution >= 0.6 is 11.6 Å². The van der Waals surface area contributed by atoms with Gasteiger partial charge in [0, 0.05) is 34.9 Å². The van der Waals surface area contributed by atoms with Gasteiger partial charge < -0.3 is 19.3 Å². The van der Waals surface area contributed by atoms with Crippen LogP contribution in [-0.2, 0) is 14.3 Å². The number of anilines is 2. The molecule has 1 aliphatic heterocycles. The van der Waals surface area contributed by atoms with Gasteiger partial charge in [-0.1, -0.05) is 29.8 Å². The normalized spacial score (nSPS) is 16.6. The summed E-state index contributed by atoms with van der Waals surface area (Å²) in [5.74, 6) is 0.122. The third kappa shape index (κ3) is 6.15. The summed E-state index contributed by atoms with van der Waals surface area (Å²) in [7, 11) is 1.38. The number of methoxy groups -OCH3 is 1. The molecule has 2 amide bonds. The SMILES string of the molecule is COC(=O)C(C)(C)CCOc1ccc(C(=O)N2c3ccccc3C(N(C(C)=O)c3ccc(Cl)cc3)CC2C)cc1. The highest BCUT2D eigenvalue weighted by molar-refractivity contribution is 6.30. The molecule has 7 nitrogen and oxygen atoms in total. The largest absolute Gasteiger partial charge is 0.494 e. The molecule has 1 aliphatic rings. The van der Waals surface area contributed by atoms with E-state index in [0.29, 0.717) is 35.8 Å². The fourth-order valence-electron chi connectivity index (χ4n) is 5.15. The van der Waals surface area contributed by atoms with Crippen molar-refractivity contribution in [3.8, 4) is 5.75 Å². The van der Waals surface area contributed by atoms with Crippen LogP contribution in [0.1, 0.15) is 62.5 Å². The Morgan fingerprint density at radius 2 is 1.65 bits per heavy atom. The number of nitrogens with zero attached hydrogens (tertiary/aromatic N) is 2. The number of para-hydroxylation sites is 1. The monoisotopic (exact) mass is 562 g/mol. The van der Waals surface area contributed by atoms with Crippen LogP contribution in [0.25, 0.3) is 0 Å². The molecule has 0 aliphatic carbocycles. The van der Waals surface area contributed by atoms with E-state index in [4.69, 9.17) is 21.1 Å². The highest BCUT2D eigenvalue weighted by Gasteiger charge is 2.38. The second-order valence-electron chi connectivity index (χ2n) is 10.7. The lowest BCUT2D eigenvalue weighted by Gasteiger charge is -2.43. The van der Waals surface area contributed by atoms with Crippen molar-refractivity contribution in [1.29, 1.82) is 0 Å². The fourth-order valence-corrected chi connectivity index (χ4v) is 5.28. The number of hydrogen-bond acceptors (Lipinski definition) is 5. The van der Waals surface area contributed by atoms with Gasteiger partial charge in [0.25, 0.3) is 5.91 Å². The summed E-state index contributed by atoms with van der Waals surface area (Å²) >= 11 is 6.10. The lowest BCUT2D eigenvalue weighted by atomic mass is 9.89. The minimum atomic E-state index is -0.647. The van der Waals surface area contributed by atoms with Crippen molar-refractivity contribution in [1.82, 2.24) is 0 Å². The van der Waals surface area contributed by atoms with E-state index in [1.54, 1.807) is 53.1 Å². The minimum absolute atomic E-state index is 0.0836. The van der Waals surface area contributed by atoms with Crippen LogP contribution in [0.5, 0.6) is 5.75 Å². The van der Waals surface area contributed by atoms with Crippen LogP contribution in [0.4, 0.5) is 11.4 Å². The molecule has 0 fully saturated rings. The Morgan fingerprint density at radius 3 is 2.27 bits per heavy atom. The van der Waals surface area contributed by atoms with E-state index in [9.17, 15) is 14.4 Å². The number of hydrogen-bond donors (Lipinski definition) is 0. The number of carbonyl (C=O) groups is 3. The van der Waals surface area contributed by atoms with Crippen molar-refractivity contribution in [2.24, 2.45) is 5.41 Å². The lowest BCUT2D eigenvalue weighted by molar-refractivity contribution is -0.151. The Balaban J connectivity index is 1.55. The summed E-state index contributed by atoms with van der Waals surface area (Å²) in [6.07, 6.45) is 1.07. The molecule has 3 aromatic rings. The third-order valence-corrected chi connectivity index (χ3v) is 7.62. The number of benzene rings is 3. The molecule has 0 radical (unpaired) electrons. The average Bonchev–Trinajstić information content (AvgIpc) is 2.93. The van der Waals surface area contributed by atoms with Gasteiger partial charge in [0.05, 0.1) is 25.2 Å². The summed E-state index contributed by atoms with van der Waals surface area (Å²) in [5.41, 5.74) is 2.33. The first-order valence-electron chi connectivity index (χ1n) is 13.3. The van der Waals surface area contributed by atoms with Crippen LogP contribution in [0.15, 0.2) is 72.8 Å². The van der Waals surface area contributed by atoms with Crippen molar-refractivity contribution in [2.75, 3.05) is 23.5 Å². The summed E-state index contributed by atoms with van der Waals surface area (Å²) in [6, 6.07) is 21.6. The van der Waals surface area contributed by atoms with E-state index in [0.717, 1.165) is 16.9 Å². The summed E-state index contributed by atoms with van der Waals surface area (Å²) < 4.78 is 10.7. The summed E-state index contributed by atoms with van der Waals surface area (Å²) in [6.45, 7) is 7.53. The van der Waals surface area contributed by atoms with Crippen LogP contribution in [0.2, 0.25) is 5.02 Å². The van der Waals surface area contributed by atoms with Gasteiger partial charge >= 0.3 is 5.97 Å². The number of halogens is 1. The molecule has 2 atom stereocenters. The van der Waals surface area contributed by atoms with Gasteiger partial charge in [0.2, 0.25) is 5.91 Å². The molecule has 8 heteroatoms. The smallest absolute Gasteiger partial charge is 0.311 e. The minimum Gasteiger partial charge on any atom is -0.494 e. The first-order chi connectivity index (χ1) is 19.0. The summed E-state index contributed by atoms with van der Waals surface area (Å²) in [5, 5.41) is 0.600. The molecule has 40 heavy (non-hydrogen) atoms. The van der Waals surface area contributed by atoms with Crippen LogP contribution < -0.4 is 14.5 Å². The molecule has 0 spiro atoms. The molecule has 0 bridgehead atoms. The second-order valence-corrected chi connectivity index (χ2v) is 11.1. The molecule has 210 valence electrons. The number of esters is 1. The van der Waals surface area contributed by atoms with Gasteiger partial charge in [-0.15, -0.1) is 0 Å². The molecule has 4 rings (SSSR count). The molecule has 0 aromatic heterocycles. The second kappa shape index (κ2) is 12.1. The maximum absolute atomic E-state index is 13.8. The number of carbonyl (C=O) groups excluding carboxylic acids is 3. The van der Waals surface area contributed by atoms with Crippen molar-refractivity contribution in [3.05, 3.63) is 88.9 Å². The van der Waals surface area contributed by atoms with Gasteiger partial charge in [0.1, 0.15) is 5.75 Å². The molecule has 0 saturated heterocycles. The number of amides is 2. The standard InChI is InChI=1S/C32H35ClN2O5/c1-21-20-29(35(22(2)36)25-14-12-24(33)13-15-25)27-8-6-7-9-28(27)34(21)30(37)23-10-16-26(17-11-23)40-19-18-32(3,4)31(38)39-5/h6-17,21,29H,18-20H2,1-5H3. The van der Waals surface area contributed by atoms with Crippen LogP contribution in [-0.4, -0.2) is 37.5 Å². The Morgan fingerprint density at radius 1 is 1.00 bits per heavy atom. The van der Waals surface area contributed by atoms with Crippen molar-refractivity contribution in [3.63, 3.8) is 0 Å². The zero-order valence-electron chi connectivity index (χ0n) is 23.5. The van der Waals surface area contributed by atoms with E-state index < -0.39 is 5.41 Å². The summed E-state index contributed by atoms with van der Waals surface area (Å²) in [4.78, 5) is 42.1. The van der Waals surface area contributed by atoms with E-state index in [-0.39, 0.29) is 29.9 Å². The van der Waals surface area contributed by atoms with Crippen LogP contribution in [0.3, 0.4) is 0 Å². The molecule has 1 heterocycles. The van der Waals surface area contributed by atoms with Gasteiger partial charge in [0.15, 0.2) is 0 Å². The molecule has 0 saturated carbocycles. The van der Waals surface area contributed by atoms with Gasteiger partial charge in [-0.05, 0) is 93.8 Å². The predicted octanol–water partition coefficient (Wildman–Crippen LogP) is 6.84. The van der Waals surface area contributed by atoms with E-state index in [2.05, 4.69) is 0 Å². The number of rotatable bonds is 8. The highest BCUT2D eigenvalue weighted by atomic mass is 35.5. The molecule has 3 aromatic carbocycles. The third-order valence-electron chi connectivity index (χ3n) is 7.37. The maximum atomic E-state index is 13.8. The molecule has 2 unspecified atom stereocenters. The van der Waals surface area contributed by atoms with Gasteiger partial charge in [-0.25, -0.2) is 0 Å². The molecular formula is C32H35ClN2O5. The Labute approximate surface area is 240 Å². The fraction of sp³-hybridized carbons (Fsp3) is 0.344.